The fourth-order valence-corrected chi connectivity index (χ4v) is 2.33. The molecule has 110 valence electrons. The van der Waals surface area contributed by atoms with Crippen LogP contribution in [0.2, 0.25) is 0 Å². The summed E-state index contributed by atoms with van der Waals surface area (Å²) in [5.41, 5.74) is 0.554. The van der Waals surface area contributed by atoms with Crippen LogP contribution in [-0.2, 0) is 0 Å². The number of rotatable bonds is 3. The predicted octanol–water partition coefficient (Wildman–Crippen LogP) is 1.22. The minimum Gasteiger partial charge on any atom is -0.334 e. The molecule has 1 aliphatic rings. The summed E-state index contributed by atoms with van der Waals surface area (Å²) in [7, 11) is 2.01. The van der Waals surface area contributed by atoms with Crippen LogP contribution in [0.25, 0.3) is 11.5 Å². The predicted molar refractivity (Wildman–Crippen MR) is 74.6 cm³/mol. The van der Waals surface area contributed by atoms with E-state index in [0.717, 1.165) is 19.6 Å². The third-order valence-electron chi connectivity index (χ3n) is 3.55. The van der Waals surface area contributed by atoms with Crippen molar-refractivity contribution in [3.05, 3.63) is 40.2 Å². The second-order valence-corrected chi connectivity index (χ2v) is 4.97. The Morgan fingerprint density at radius 3 is 3.14 bits per heavy atom. The Balaban J connectivity index is 1.87. The van der Waals surface area contributed by atoms with Gasteiger partial charge in [-0.2, -0.15) is 4.98 Å². The van der Waals surface area contributed by atoms with Gasteiger partial charge in [0.1, 0.15) is 0 Å². The molecule has 1 aromatic heterocycles. The molecule has 8 nitrogen and oxygen atoms in total. The quantitative estimate of drug-likeness (QED) is 0.670. The Hall–Kier alpha value is -2.32. The third-order valence-corrected chi connectivity index (χ3v) is 3.55. The molecular formula is C13H15N5O3. The second kappa shape index (κ2) is 5.58. The largest absolute Gasteiger partial charge is 0.334 e. The topological polar surface area (TPSA) is 97.3 Å². The smallest absolute Gasteiger partial charge is 0.270 e. The molecule has 0 saturated carbocycles. The van der Waals surface area contributed by atoms with Gasteiger partial charge in [0.25, 0.3) is 11.6 Å². The van der Waals surface area contributed by atoms with Crippen molar-refractivity contribution in [3.8, 4) is 11.5 Å². The molecule has 8 heteroatoms. The van der Waals surface area contributed by atoms with E-state index in [4.69, 9.17) is 4.52 Å². The van der Waals surface area contributed by atoms with Gasteiger partial charge in [0, 0.05) is 37.3 Å². The first-order valence-electron chi connectivity index (χ1n) is 6.64. The van der Waals surface area contributed by atoms with Gasteiger partial charge < -0.3 is 9.84 Å². The highest BCUT2D eigenvalue weighted by Crippen LogP contribution is 2.25. The minimum absolute atomic E-state index is 0.00343. The van der Waals surface area contributed by atoms with Crippen molar-refractivity contribution in [2.45, 2.75) is 6.04 Å². The third kappa shape index (κ3) is 2.76. The van der Waals surface area contributed by atoms with Crippen LogP contribution in [0.5, 0.6) is 0 Å². The fourth-order valence-electron chi connectivity index (χ4n) is 2.33. The number of nitro benzene ring substituents is 1. The van der Waals surface area contributed by atoms with Gasteiger partial charge >= 0.3 is 0 Å². The molecule has 1 unspecified atom stereocenters. The monoisotopic (exact) mass is 289 g/mol. The van der Waals surface area contributed by atoms with Gasteiger partial charge in [0.2, 0.25) is 0 Å². The van der Waals surface area contributed by atoms with E-state index < -0.39 is 4.92 Å². The van der Waals surface area contributed by atoms with Crippen molar-refractivity contribution in [2.75, 3.05) is 26.7 Å². The van der Waals surface area contributed by atoms with Gasteiger partial charge in [-0.3, -0.25) is 15.0 Å². The molecule has 1 fully saturated rings. The minimum atomic E-state index is -0.445. The Bertz CT molecular complexity index is 657. The fraction of sp³-hybridized carbons (Fsp3) is 0.385. The number of benzene rings is 1. The molecule has 0 amide bonds. The van der Waals surface area contributed by atoms with Crippen LogP contribution in [0.4, 0.5) is 5.69 Å². The van der Waals surface area contributed by atoms with Crippen molar-refractivity contribution in [3.63, 3.8) is 0 Å². The van der Waals surface area contributed by atoms with E-state index in [1.54, 1.807) is 12.1 Å². The van der Waals surface area contributed by atoms with Crippen molar-refractivity contribution < 1.29 is 9.45 Å². The van der Waals surface area contributed by atoms with Crippen LogP contribution in [0.15, 0.2) is 28.8 Å². The zero-order valence-electron chi connectivity index (χ0n) is 11.5. The maximum absolute atomic E-state index is 10.8. The first kappa shape index (κ1) is 13.7. The van der Waals surface area contributed by atoms with Crippen LogP contribution < -0.4 is 5.32 Å². The first-order chi connectivity index (χ1) is 10.1. The van der Waals surface area contributed by atoms with E-state index in [1.807, 2.05) is 7.05 Å². The molecule has 1 saturated heterocycles. The first-order valence-corrected chi connectivity index (χ1v) is 6.64. The normalized spacial score (nSPS) is 19.6. The number of aromatic nitrogens is 2. The Morgan fingerprint density at radius 2 is 2.38 bits per heavy atom. The van der Waals surface area contributed by atoms with Crippen LogP contribution in [0.1, 0.15) is 11.9 Å². The lowest BCUT2D eigenvalue weighted by molar-refractivity contribution is -0.384. The van der Waals surface area contributed by atoms with Crippen molar-refractivity contribution in [1.82, 2.24) is 20.4 Å². The molecule has 0 bridgehead atoms. The van der Waals surface area contributed by atoms with E-state index in [2.05, 4.69) is 20.4 Å². The van der Waals surface area contributed by atoms with Gasteiger partial charge in [0.05, 0.1) is 11.0 Å². The molecule has 2 aromatic rings. The zero-order chi connectivity index (χ0) is 14.8. The molecule has 1 aliphatic heterocycles. The average Bonchev–Trinajstić information content (AvgIpc) is 2.97. The molecule has 0 spiro atoms. The summed E-state index contributed by atoms with van der Waals surface area (Å²) in [5, 5.41) is 18.1. The maximum atomic E-state index is 10.8. The molecule has 1 aromatic carbocycles. The molecular weight excluding hydrogens is 274 g/mol. The summed E-state index contributed by atoms with van der Waals surface area (Å²) >= 11 is 0. The highest BCUT2D eigenvalue weighted by Gasteiger charge is 2.25. The van der Waals surface area contributed by atoms with Crippen LogP contribution in [0.3, 0.4) is 0 Å². The van der Waals surface area contributed by atoms with Gasteiger partial charge in [0.15, 0.2) is 5.82 Å². The second-order valence-electron chi connectivity index (χ2n) is 4.97. The Labute approximate surface area is 120 Å². The summed E-state index contributed by atoms with van der Waals surface area (Å²) in [4.78, 5) is 16.9. The standard InChI is InChI=1S/C13H15N5O3/c1-17-6-5-14-8-11(17)12-15-13(21-16-12)9-3-2-4-10(7-9)18(19)20/h2-4,7,11,14H,5-6,8H2,1H3. The molecule has 2 heterocycles. The zero-order valence-corrected chi connectivity index (χ0v) is 11.5. The van der Waals surface area contributed by atoms with Gasteiger partial charge in [-0.25, -0.2) is 0 Å². The number of nitrogens with zero attached hydrogens (tertiary/aromatic N) is 4. The lowest BCUT2D eigenvalue weighted by Gasteiger charge is -2.30. The summed E-state index contributed by atoms with van der Waals surface area (Å²) < 4.78 is 5.25. The number of piperazine rings is 1. The lowest BCUT2D eigenvalue weighted by atomic mass is 10.2. The van der Waals surface area contributed by atoms with Crippen LogP contribution >= 0.6 is 0 Å². The van der Waals surface area contributed by atoms with Crippen molar-refractivity contribution in [2.24, 2.45) is 0 Å². The maximum Gasteiger partial charge on any atom is 0.270 e. The van der Waals surface area contributed by atoms with E-state index in [9.17, 15) is 10.1 Å². The Morgan fingerprint density at radius 1 is 1.52 bits per heavy atom. The molecule has 21 heavy (non-hydrogen) atoms. The number of hydrogen-bond donors (Lipinski definition) is 1. The number of likely N-dealkylation sites (N-methyl/N-ethyl adjacent to an activating group) is 1. The van der Waals surface area contributed by atoms with E-state index >= 15 is 0 Å². The summed E-state index contributed by atoms with van der Waals surface area (Å²) in [5.74, 6) is 0.888. The van der Waals surface area contributed by atoms with Gasteiger partial charge in [-0.1, -0.05) is 11.2 Å². The van der Waals surface area contributed by atoms with Gasteiger partial charge in [-0.05, 0) is 13.1 Å². The SMILES string of the molecule is CN1CCNCC1c1noc(-c2cccc([N+](=O)[O-])c2)n1. The summed E-state index contributed by atoms with van der Waals surface area (Å²) in [6.07, 6.45) is 0. The average molecular weight is 289 g/mol. The van der Waals surface area contributed by atoms with Gasteiger partial charge in [-0.15, -0.1) is 0 Å². The van der Waals surface area contributed by atoms with Crippen molar-refractivity contribution >= 4 is 5.69 Å². The highest BCUT2D eigenvalue weighted by molar-refractivity contribution is 5.57. The molecule has 3 rings (SSSR count). The van der Waals surface area contributed by atoms with E-state index in [1.165, 1.54) is 12.1 Å². The Kier molecular flexibility index (Phi) is 3.63. The van der Waals surface area contributed by atoms with Crippen LogP contribution in [-0.4, -0.2) is 46.6 Å². The number of nitrogens with one attached hydrogen (secondary N) is 1. The highest BCUT2D eigenvalue weighted by atomic mass is 16.6. The molecule has 1 N–H and O–H groups in total. The number of non-ortho nitro benzene ring substituents is 1. The number of nitro groups is 1. The molecule has 0 aliphatic carbocycles. The van der Waals surface area contributed by atoms with Crippen molar-refractivity contribution in [1.29, 1.82) is 0 Å². The van der Waals surface area contributed by atoms with E-state index in [-0.39, 0.29) is 11.7 Å². The molecule has 0 radical (unpaired) electrons. The summed E-state index contributed by atoms with van der Waals surface area (Å²) in [6, 6.07) is 6.23. The molecule has 1 atom stereocenters. The summed E-state index contributed by atoms with van der Waals surface area (Å²) in [6.45, 7) is 2.60. The number of hydrogen-bond acceptors (Lipinski definition) is 7. The van der Waals surface area contributed by atoms with E-state index in [0.29, 0.717) is 17.3 Å². The van der Waals surface area contributed by atoms with Crippen LogP contribution in [0, 0.1) is 10.1 Å². The lowest BCUT2D eigenvalue weighted by Crippen LogP contribution is -2.44.